The second-order valence-corrected chi connectivity index (χ2v) is 5.90. The maximum atomic E-state index is 9.44. The van der Waals surface area contributed by atoms with E-state index < -0.39 is 0 Å². The van der Waals surface area contributed by atoms with Gasteiger partial charge in [-0.3, -0.25) is 0 Å². The monoisotopic (exact) mass is 363 g/mol. The number of ether oxygens (including phenoxy) is 1. The molecule has 3 heteroatoms. The predicted octanol–water partition coefficient (Wildman–Crippen LogP) is 5.57. The Hall–Kier alpha value is -2.57. The van der Waals surface area contributed by atoms with E-state index in [4.69, 9.17) is 4.74 Å². The summed E-state index contributed by atoms with van der Waals surface area (Å²) in [5, 5.41) is 9.44. The molecule has 0 bridgehead atoms. The molecule has 0 aromatic heterocycles. The van der Waals surface area contributed by atoms with Crippen LogP contribution in [0, 0.1) is 11.3 Å². The summed E-state index contributed by atoms with van der Waals surface area (Å²) in [7, 11) is 0. The normalized spacial score (nSPS) is 10.1. The molecule has 2 nitrogen and oxygen atoms in total. The first-order valence-corrected chi connectivity index (χ1v) is 8.03. The second-order valence-electron chi connectivity index (χ2n) is 5.04. The molecule has 112 valence electrons. The maximum Gasteiger partial charge on any atom is 0.127 e. The van der Waals surface area contributed by atoms with Crippen molar-refractivity contribution in [2.75, 3.05) is 0 Å². The SMILES string of the molecule is N#Cc1c(Br)cccc1-c1ccccc1OCc1ccccc1. The van der Waals surface area contributed by atoms with E-state index in [0.29, 0.717) is 12.2 Å². The van der Waals surface area contributed by atoms with Gasteiger partial charge in [0.25, 0.3) is 0 Å². The molecule has 0 spiro atoms. The van der Waals surface area contributed by atoms with E-state index in [-0.39, 0.29) is 0 Å². The summed E-state index contributed by atoms with van der Waals surface area (Å²) < 4.78 is 6.78. The summed E-state index contributed by atoms with van der Waals surface area (Å²) in [4.78, 5) is 0. The first-order chi connectivity index (χ1) is 11.3. The van der Waals surface area contributed by atoms with E-state index in [1.165, 1.54) is 0 Å². The summed E-state index contributed by atoms with van der Waals surface area (Å²) in [6.07, 6.45) is 0. The Bertz CT molecular complexity index is 853. The van der Waals surface area contributed by atoms with Crippen LogP contribution < -0.4 is 4.74 Å². The first kappa shape index (κ1) is 15.3. The zero-order chi connectivity index (χ0) is 16.1. The fraction of sp³-hybridized carbons (Fsp3) is 0.0500. The van der Waals surface area contributed by atoms with Gasteiger partial charge in [-0.15, -0.1) is 0 Å². The number of nitrogens with zero attached hydrogens (tertiary/aromatic N) is 1. The van der Waals surface area contributed by atoms with Gasteiger partial charge in [0.2, 0.25) is 0 Å². The summed E-state index contributed by atoms with van der Waals surface area (Å²) in [6.45, 7) is 0.494. The summed E-state index contributed by atoms with van der Waals surface area (Å²) >= 11 is 3.44. The molecule has 0 radical (unpaired) electrons. The van der Waals surface area contributed by atoms with Gasteiger partial charge in [-0.25, -0.2) is 0 Å². The van der Waals surface area contributed by atoms with Crippen molar-refractivity contribution in [1.29, 1.82) is 5.26 Å². The van der Waals surface area contributed by atoms with Crippen LogP contribution in [0.15, 0.2) is 77.3 Å². The molecule has 0 aliphatic carbocycles. The zero-order valence-corrected chi connectivity index (χ0v) is 14.0. The van der Waals surface area contributed by atoms with Crippen molar-refractivity contribution in [3.8, 4) is 22.9 Å². The van der Waals surface area contributed by atoms with Crippen LogP contribution in [0.3, 0.4) is 0 Å². The van der Waals surface area contributed by atoms with Crippen molar-refractivity contribution in [2.24, 2.45) is 0 Å². The van der Waals surface area contributed by atoms with Crippen molar-refractivity contribution < 1.29 is 4.74 Å². The van der Waals surface area contributed by atoms with Gasteiger partial charge in [0, 0.05) is 15.6 Å². The Labute approximate surface area is 144 Å². The smallest absolute Gasteiger partial charge is 0.127 e. The highest BCUT2D eigenvalue weighted by molar-refractivity contribution is 9.10. The molecule has 0 unspecified atom stereocenters. The van der Waals surface area contributed by atoms with Gasteiger partial charge in [0.05, 0.1) is 5.56 Å². The lowest BCUT2D eigenvalue weighted by molar-refractivity contribution is 0.307. The Morgan fingerprint density at radius 1 is 0.826 bits per heavy atom. The molecular formula is C20H14BrNO. The zero-order valence-electron chi connectivity index (χ0n) is 12.4. The minimum atomic E-state index is 0.494. The van der Waals surface area contributed by atoms with Crippen LogP contribution in [-0.4, -0.2) is 0 Å². The highest BCUT2D eigenvalue weighted by atomic mass is 79.9. The molecule has 0 heterocycles. The molecule has 0 aliphatic heterocycles. The number of hydrogen-bond acceptors (Lipinski definition) is 2. The number of rotatable bonds is 4. The molecule has 0 fully saturated rings. The van der Waals surface area contributed by atoms with E-state index in [9.17, 15) is 5.26 Å². The molecule has 0 amide bonds. The lowest BCUT2D eigenvalue weighted by Crippen LogP contribution is -1.97. The lowest BCUT2D eigenvalue weighted by Gasteiger charge is -2.13. The summed E-state index contributed by atoms with van der Waals surface area (Å²) in [5.74, 6) is 0.769. The molecule has 0 N–H and O–H groups in total. The lowest BCUT2D eigenvalue weighted by atomic mass is 9.99. The number of nitriles is 1. The molecule has 0 atom stereocenters. The van der Waals surface area contributed by atoms with E-state index in [1.54, 1.807) is 0 Å². The first-order valence-electron chi connectivity index (χ1n) is 7.24. The van der Waals surface area contributed by atoms with Crippen LogP contribution in [0.4, 0.5) is 0 Å². The third-order valence-corrected chi connectivity index (χ3v) is 4.20. The molecule has 3 rings (SSSR count). The average molecular weight is 364 g/mol. The Morgan fingerprint density at radius 3 is 2.30 bits per heavy atom. The van der Waals surface area contributed by atoms with Crippen LogP contribution in [0.25, 0.3) is 11.1 Å². The van der Waals surface area contributed by atoms with Crippen molar-refractivity contribution in [1.82, 2.24) is 0 Å². The molecule has 3 aromatic carbocycles. The minimum Gasteiger partial charge on any atom is -0.488 e. The molecule has 0 saturated carbocycles. The summed E-state index contributed by atoms with van der Waals surface area (Å²) in [5.41, 5.74) is 3.51. The highest BCUT2D eigenvalue weighted by Gasteiger charge is 2.12. The van der Waals surface area contributed by atoms with Crippen LogP contribution in [-0.2, 0) is 6.61 Å². The minimum absolute atomic E-state index is 0.494. The van der Waals surface area contributed by atoms with E-state index in [1.807, 2.05) is 72.8 Å². The quantitative estimate of drug-likeness (QED) is 0.607. The van der Waals surface area contributed by atoms with Gasteiger partial charge in [0.1, 0.15) is 18.4 Å². The van der Waals surface area contributed by atoms with Gasteiger partial charge in [-0.05, 0) is 33.6 Å². The van der Waals surface area contributed by atoms with Crippen molar-refractivity contribution in [3.05, 3.63) is 88.4 Å². The van der Waals surface area contributed by atoms with E-state index in [0.717, 1.165) is 26.9 Å². The third kappa shape index (κ3) is 3.44. The predicted molar refractivity (Wildman–Crippen MR) is 95.1 cm³/mol. The van der Waals surface area contributed by atoms with Crippen LogP contribution in [0.5, 0.6) is 5.75 Å². The fourth-order valence-electron chi connectivity index (χ4n) is 2.41. The van der Waals surface area contributed by atoms with Crippen molar-refractivity contribution >= 4 is 15.9 Å². The topological polar surface area (TPSA) is 33.0 Å². The molecule has 23 heavy (non-hydrogen) atoms. The highest BCUT2D eigenvalue weighted by Crippen LogP contribution is 2.35. The van der Waals surface area contributed by atoms with Crippen LogP contribution in [0.1, 0.15) is 11.1 Å². The molecule has 0 aliphatic rings. The third-order valence-electron chi connectivity index (χ3n) is 3.54. The molecule has 3 aromatic rings. The van der Waals surface area contributed by atoms with Gasteiger partial charge < -0.3 is 4.74 Å². The number of para-hydroxylation sites is 1. The Balaban J connectivity index is 1.96. The van der Waals surface area contributed by atoms with Gasteiger partial charge in [-0.1, -0.05) is 60.7 Å². The Morgan fingerprint density at radius 2 is 1.52 bits per heavy atom. The van der Waals surface area contributed by atoms with Crippen LogP contribution >= 0.6 is 15.9 Å². The van der Waals surface area contributed by atoms with Gasteiger partial charge in [-0.2, -0.15) is 5.26 Å². The maximum absolute atomic E-state index is 9.44. The van der Waals surface area contributed by atoms with E-state index >= 15 is 0 Å². The largest absolute Gasteiger partial charge is 0.488 e. The van der Waals surface area contributed by atoms with E-state index in [2.05, 4.69) is 22.0 Å². The fourth-order valence-corrected chi connectivity index (χ4v) is 2.87. The van der Waals surface area contributed by atoms with Crippen LogP contribution in [0.2, 0.25) is 0 Å². The Kier molecular flexibility index (Phi) is 4.75. The van der Waals surface area contributed by atoms with Crippen molar-refractivity contribution in [2.45, 2.75) is 6.61 Å². The van der Waals surface area contributed by atoms with Crippen molar-refractivity contribution in [3.63, 3.8) is 0 Å². The number of benzene rings is 3. The standard InChI is InChI=1S/C20H14BrNO/c21-19-11-6-10-16(18(19)13-22)17-9-4-5-12-20(17)23-14-15-7-2-1-3-8-15/h1-12H,14H2. The van der Waals surface area contributed by atoms with Gasteiger partial charge >= 0.3 is 0 Å². The molecule has 0 saturated heterocycles. The summed E-state index contributed by atoms with van der Waals surface area (Å²) in [6, 6.07) is 25.8. The van der Waals surface area contributed by atoms with Gasteiger partial charge in [0.15, 0.2) is 0 Å². The number of halogens is 1. The molecular weight excluding hydrogens is 350 g/mol. The number of hydrogen-bond donors (Lipinski definition) is 0. The average Bonchev–Trinajstić information content (AvgIpc) is 2.61. The second kappa shape index (κ2) is 7.13.